The minimum Gasteiger partial charge on any atom is -0.309 e. The molecule has 1 saturated heterocycles. The van der Waals surface area contributed by atoms with E-state index in [0.29, 0.717) is 0 Å². The Labute approximate surface area is 124 Å². The van der Waals surface area contributed by atoms with Gasteiger partial charge in [-0.1, -0.05) is 24.3 Å². The zero-order chi connectivity index (χ0) is 14.4. The molecule has 0 unspecified atom stereocenters. The average Bonchev–Trinajstić information content (AvgIpc) is 2.41. The molecule has 20 heavy (non-hydrogen) atoms. The highest BCUT2D eigenvalue weighted by molar-refractivity contribution is 5.23. The van der Waals surface area contributed by atoms with Crippen molar-refractivity contribution >= 4 is 0 Å². The van der Waals surface area contributed by atoms with Crippen LogP contribution in [0.5, 0.6) is 0 Å². The Morgan fingerprint density at radius 1 is 1.05 bits per heavy atom. The Morgan fingerprint density at radius 3 is 2.45 bits per heavy atom. The summed E-state index contributed by atoms with van der Waals surface area (Å²) in [5.41, 5.74) is 2.95. The van der Waals surface area contributed by atoms with Gasteiger partial charge in [-0.15, -0.1) is 0 Å². The van der Waals surface area contributed by atoms with E-state index >= 15 is 0 Å². The summed E-state index contributed by atoms with van der Waals surface area (Å²) >= 11 is 0. The van der Waals surface area contributed by atoms with Gasteiger partial charge in [0.15, 0.2) is 0 Å². The van der Waals surface area contributed by atoms with Gasteiger partial charge in [-0.2, -0.15) is 0 Å². The maximum atomic E-state index is 2.57. The molecule has 0 aromatic heterocycles. The van der Waals surface area contributed by atoms with Crippen molar-refractivity contribution in [1.82, 2.24) is 14.7 Å². The normalized spacial score (nSPS) is 17.8. The molecule has 0 bridgehead atoms. The van der Waals surface area contributed by atoms with Crippen LogP contribution in [0.3, 0.4) is 0 Å². The molecule has 0 N–H and O–H groups in total. The van der Waals surface area contributed by atoms with Crippen molar-refractivity contribution in [2.45, 2.75) is 19.4 Å². The molecule has 1 aliphatic heterocycles. The second-order valence-corrected chi connectivity index (χ2v) is 6.31. The highest BCUT2D eigenvalue weighted by atomic mass is 15.2. The van der Waals surface area contributed by atoms with Gasteiger partial charge in [-0.3, -0.25) is 4.90 Å². The van der Waals surface area contributed by atoms with Gasteiger partial charge >= 0.3 is 0 Å². The van der Waals surface area contributed by atoms with Crippen molar-refractivity contribution in [3.63, 3.8) is 0 Å². The number of hydrogen-bond donors (Lipinski definition) is 0. The Balaban J connectivity index is 1.82. The van der Waals surface area contributed by atoms with E-state index in [2.05, 4.69) is 60.1 Å². The molecule has 3 nitrogen and oxygen atoms in total. The quantitative estimate of drug-likeness (QED) is 0.785. The SMILES string of the molecule is CN(C)CCCc1cccc(CN2CCN(C)CC2)c1. The van der Waals surface area contributed by atoms with E-state index in [1.807, 2.05) is 0 Å². The van der Waals surface area contributed by atoms with Crippen molar-refractivity contribution in [2.75, 3.05) is 53.9 Å². The second kappa shape index (κ2) is 7.77. The fourth-order valence-electron chi connectivity index (χ4n) is 2.75. The van der Waals surface area contributed by atoms with Crippen LogP contribution in [0.1, 0.15) is 17.5 Å². The molecule has 0 saturated carbocycles. The van der Waals surface area contributed by atoms with Crippen LogP contribution < -0.4 is 0 Å². The Bertz CT molecular complexity index is 395. The third kappa shape index (κ3) is 5.23. The topological polar surface area (TPSA) is 9.72 Å². The zero-order valence-electron chi connectivity index (χ0n) is 13.3. The Kier molecular flexibility index (Phi) is 6.02. The molecule has 1 fully saturated rings. The van der Waals surface area contributed by atoms with E-state index in [0.717, 1.165) is 6.54 Å². The Hall–Kier alpha value is -0.900. The van der Waals surface area contributed by atoms with Crippen LogP contribution in [0.4, 0.5) is 0 Å². The standard InChI is InChI=1S/C17H29N3/c1-18(2)9-5-8-16-6-4-7-17(14-16)15-20-12-10-19(3)11-13-20/h4,6-7,14H,5,8-13,15H2,1-3H3. The predicted molar refractivity (Wildman–Crippen MR) is 86.1 cm³/mol. The third-order valence-electron chi connectivity index (χ3n) is 4.06. The number of piperazine rings is 1. The molecule has 1 aromatic carbocycles. The monoisotopic (exact) mass is 275 g/mol. The van der Waals surface area contributed by atoms with Crippen LogP contribution in [0.25, 0.3) is 0 Å². The first-order valence-corrected chi connectivity index (χ1v) is 7.77. The maximum absolute atomic E-state index is 2.57. The van der Waals surface area contributed by atoms with Gasteiger partial charge in [0.1, 0.15) is 0 Å². The summed E-state index contributed by atoms with van der Waals surface area (Å²) in [5, 5.41) is 0. The summed E-state index contributed by atoms with van der Waals surface area (Å²) in [4.78, 5) is 7.24. The van der Waals surface area contributed by atoms with Gasteiger partial charge in [0.25, 0.3) is 0 Å². The third-order valence-corrected chi connectivity index (χ3v) is 4.06. The van der Waals surface area contributed by atoms with E-state index in [-0.39, 0.29) is 0 Å². The summed E-state index contributed by atoms with van der Waals surface area (Å²) < 4.78 is 0. The van der Waals surface area contributed by atoms with Gasteiger partial charge in [0.2, 0.25) is 0 Å². The molecular weight excluding hydrogens is 246 g/mol. The Morgan fingerprint density at radius 2 is 1.75 bits per heavy atom. The largest absolute Gasteiger partial charge is 0.309 e. The number of likely N-dealkylation sites (N-methyl/N-ethyl adjacent to an activating group) is 1. The van der Waals surface area contributed by atoms with Crippen LogP contribution in [0, 0.1) is 0 Å². The van der Waals surface area contributed by atoms with Crippen LogP contribution in [-0.4, -0.2) is 68.6 Å². The molecule has 2 rings (SSSR count). The predicted octanol–water partition coefficient (Wildman–Crippen LogP) is 1.93. The van der Waals surface area contributed by atoms with Crippen molar-refractivity contribution in [3.05, 3.63) is 35.4 Å². The minimum absolute atomic E-state index is 1.11. The van der Waals surface area contributed by atoms with E-state index in [4.69, 9.17) is 0 Å². The molecule has 0 amide bonds. The highest BCUT2D eigenvalue weighted by Gasteiger charge is 2.13. The zero-order valence-corrected chi connectivity index (χ0v) is 13.3. The van der Waals surface area contributed by atoms with Crippen LogP contribution >= 0.6 is 0 Å². The average molecular weight is 275 g/mol. The molecule has 0 atom stereocenters. The van der Waals surface area contributed by atoms with Crippen molar-refractivity contribution < 1.29 is 0 Å². The summed E-state index contributed by atoms with van der Waals surface area (Å²) in [6.45, 7) is 7.06. The van der Waals surface area contributed by atoms with E-state index in [1.165, 1.54) is 56.7 Å². The first-order valence-electron chi connectivity index (χ1n) is 7.77. The van der Waals surface area contributed by atoms with Crippen LogP contribution in [0.2, 0.25) is 0 Å². The number of nitrogens with zero attached hydrogens (tertiary/aromatic N) is 3. The maximum Gasteiger partial charge on any atom is 0.0234 e. The molecule has 1 heterocycles. The molecular formula is C17H29N3. The smallest absolute Gasteiger partial charge is 0.0234 e. The minimum atomic E-state index is 1.11. The van der Waals surface area contributed by atoms with Crippen molar-refractivity contribution in [1.29, 1.82) is 0 Å². The highest BCUT2D eigenvalue weighted by Crippen LogP contribution is 2.12. The van der Waals surface area contributed by atoms with E-state index in [1.54, 1.807) is 0 Å². The van der Waals surface area contributed by atoms with Gasteiger partial charge < -0.3 is 9.80 Å². The van der Waals surface area contributed by atoms with Gasteiger partial charge in [0, 0.05) is 32.7 Å². The first-order chi connectivity index (χ1) is 9.63. The van der Waals surface area contributed by atoms with Gasteiger partial charge in [0.05, 0.1) is 0 Å². The van der Waals surface area contributed by atoms with Crippen LogP contribution in [-0.2, 0) is 13.0 Å². The lowest BCUT2D eigenvalue weighted by Gasteiger charge is -2.32. The fraction of sp³-hybridized carbons (Fsp3) is 0.647. The lowest BCUT2D eigenvalue weighted by molar-refractivity contribution is 0.148. The summed E-state index contributed by atoms with van der Waals surface area (Å²) in [6.07, 6.45) is 2.43. The molecule has 112 valence electrons. The molecule has 0 radical (unpaired) electrons. The summed E-state index contributed by atoms with van der Waals surface area (Å²) in [5.74, 6) is 0. The lowest BCUT2D eigenvalue weighted by atomic mass is 10.1. The number of benzene rings is 1. The number of hydrogen-bond acceptors (Lipinski definition) is 3. The van der Waals surface area contributed by atoms with E-state index in [9.17, 15) is 0 Å². The van der Waals surface area contributed by atoms with Gasteiger partial charge in [-0.25, -0.2) is 0 Å². The molecule has 3 heteroatoms. The van der Waals surface area contributed by atoms with Crippen LogP contribution in [0.15, 0.2) is 24.3 Å². The summed E-state index contributed by atoms with van der Waals surface area (Å²) in [6, 6.07) is 9.15. The molecule has 0 spiro atoms. The number of rotatable bonds is 6. The lowest BCUT2D eigenvalue weighted by Crippen LogP contribution is -2.43. The molecule has 1 aromatic rings. The number of aryl methyl sites for hydroxylation is 1. The van der Waals surface area contributed by atoms with E-state index < -0.39 is 0 Å². The second-order valence-electron chi connectivity index (χ2n) is 6.31. The summed E-state index contributed by atoms with van der Waals surface area (Å²) in [7, 11) is 6.50. The first kappa shape index (κ1) is 15.5. The molecule has 0 aliphatic carbocycles. The van der Waals surface area contributed by atoms with Crippen molar-refractivity contribution in [2.24, 2.45) is 0 Å². The van der Waals surface area contributed by atoms with Crippen molar-refractivity contribution in [3.8, 4) is 0 Å². The van der Waals surface area contributed by atoms with Gasteiger partial charge in [-0.05, 0) is 51.7 Å². The molecule has 1 aliphatic rings. The fourth-order valence-corrected chi connectivity index (χ4v) is 2.75.